The van der Waals surface area contributed by atoms with Gasteiger partial charge in [-0.1, -0.05) is 0 Å². The molecule has 2 aromatic rings. The van der Waals surface area contributed by atoms with E-state index in [1.807, 2.05) is 0 Å². The minimum atomic E-state index is -4.58. The third kappa shape index (κ3) is 3.09. The summed E-state index contributed by atoms with van der Waals surface area (Å²) in [6.45, 7) is 0. The summed E-state index contributed by atoms with van der Waals surface area (Å²) in [5.74, 6) is -0.858. The molecule has 100 valence electrons. The fraction of sp³-hybridized carbons (Fsp3) is 0.0909. The van der Waals surface area contributed by atoms with Crippen LogP contribution in [0.5, 0.6) is 11.6 Å². The van der Waals surface area contributed by atoms with Gasteiger partial charge >= 0.3 is 6.18 Å². The van der Waals surface area contributed by atoms with E-state index in [0.29, 0.717) is 6.07 Å². The van der Waals surface area contributed by atoms with Gasteiger partial charge in [0.25, 0.3) is 0 Å². The molecule has 8 heteroatoms. The summed E-state index contributed by atoms with van der Waals surface area (Å²) in [5, 5.41) is 6.20. The third-order valence-electron chi connectivity index (χ3n) is 2.12. The second-order valence-corrected chi connectivity index (χ2v) is 3.54. The minimum absolute atomic E-state index is 0.0472. The predicted octanol–water partition coefficient (Wildman–Crippen LogP) is 3.01. The van der Waals surface area contributed by atoms with Crippen molar-refractivity contribution in [3.05, 3.63) is 41.8 Å². The van der Waals surface area contributed by atoms with Gasteiger partial charge < -0.3 is 10.5 Å². The van der Waals surface area contributed by atoms with E-state index in [9.17, 15) is 17.6 Å². The summed E-state index contributed by atoms with van der Waals surface area (Å²) in [6, 6.07) is 5.06. The Kier molecular flexibility index (Phi) is 3.24. The van der Waals surface area contributed by atoms with Crippen molar-refractivity contribution >= 4 is 5.69 Å². The Balaban J connectivity index is 2.22. The Labute approximate surface area is 104 Å². The number of aromatic nitrogens is 2. The minimum Gasteiger partial charge on any atom is -0.435 e. The Morgan fingerprint density at radius 1 is 1.05 bits per heavy atom. The number of halogens is 4. The zero-order valence-electron chi connectivity index (χ0n) is 9.28. The van der Waals surface area contributed by atoms with E-state index in [1.165, 1.54) is 6.07 Å². The van der Waals surface area contributed by atoms with Crippen LogP contribution in [0.1, 0.15) is 5.69 Å². The summed E-state index contributed by atoms with van der Waals surface area (Å²) in [4.78, 5) is 0. The smallest absolute Gasteiger partial charge is 0.435 e. The first-order chi connectivity index (χ1) is 8.86. The van der Waals surface area contributed by atoms with Gasteiger partial charge in [0.05, 0.1) is 5.69 Å². The molecule has 0 unspecified atom stereocenters. The van der Waals surface area contributed by atoms with Crippen LogP contribution >= 0.6 is 0 Å². The Hall–Kier alpha value is -2.38. The molecule has 0 radical (unpaired) electrons. The van der Waals surface area contributed by atoms with Crippen molar-refractivity contribution in [2.24, 2.45) is 0 Å². The molecule has 19 heavy (non-hydrogen) atoms. The summed E-state index contributed by atoms with van der Waals surface area (Å²) >= 11 is 0. The van der Waals surface area contributed by atoms with Crippen LogP contribution < -0.4 is 10.5 Å². The number of nitrogen functional groups attached to an aromatic ring is 1. The van der Waals surface area contributed by atoms with E-state index < -0.39 is 17.7 Å². The third-order valence-corrected chi connectivity index (χ3v) is 2.12. The normalized spacial score (nSPS) is 11.4. The summed E-state index contributed by atoms with van der Waals surface area (Å²) < 4.78 is 54.8. The SMILES string of the molecule is Nc1ccc(F)cc1Oc1ccc(C(F)(F)F)nn1. The van der Waals surface area contributed by atoms with Crippen molar-refractivity contribution < 1.29 is 22.3 Å². The molecular formula is C11H7F4N3O. The highest BCUT2D eigenvalue weighted by atomic mass is 19.4. The van der Waals surface area contributed by atoms with Gasteiger partial charge in [-0.05, 0) is 18.2 Å². The van der Waals surface area contributed by atoms with Gasteiger partial charge in [0.15, 0.2) is 11.4 Å². The number of rotatable bonds is 2. The molecule has 0 saturated carbocycles. The molecule has 1 heterocycles. The number of benzene rings is 1. The first-order valence-corrected chi connectivity index (χ1v) is 5.00. The largest absolute Gasteiger partial charge is 0.435 e. The lowest BCUT2D eigenvalue weighted by molar-refractivity contribution is -0.141. The van der Waals surface area contributed by atoms with Crippen LogP contribution in [-0.4, -0.2) is 10.2 Å². The first kappa shape index (κ1) is 13.1. The van der Waals surface area contributed by atoms with E-state index >= 15 is 0 Å². The lowest BCUT2D eigenvalue weighted by atomic mass is 10.3. The standard InChI is InChI=1S/C11H7F4N3O/c12-6-1-2-7(16)8(5-6)19-10-4-3-9(17-18-10)11(13,14)15/h1-5H,16H2. The highest BCUT2D eigenvalue weighted by Crippen LogP contribution is 2.30. The Bertz CT molecular complexity index is 583. The molecule has 0 amide bonds. The molecule has 0 bridgehead atoms. The maximum Gasteiger partial charge on any atom is 0.435 e. The molecule has 0 saturated heterocycles. The van der Waals surface area contributed by atoms with E-state index in [1.54, 1.807) is 0 Å². The quantitative estimate of drug-likeness (QED) is 0.675. The van der Waals surface area contributed by atoms with Crippen LogP contribution in [-0.2, 0) is 6.18 Å². The van der Waals surface area contributed by atoms with E-state index in [-0.39, 0.29) is 17.3 Å². The molecule has 1 aromatic carbocycles. The molecule has 0 fully saturated rings. The fourth-order valence-corrected chi connectivity index (χ4v) is 1.23. The summed E-state index contributed by atoms with van der Waals surface area (Å²) in [7, 11) is 0. The number of hydrogen-bond acceptors (Lipinski definition) is 4. The zero-order valence-corrected chi connectivity index (χ0v) is 9.28. The lowest BCUT2D eigenvalue weighted by Crippen LogP contribution is -2.09. The number of nitrogens with zero attached hydrogens (tertiary/aromatic N) is 2. The zero-order chi connectivity index (χ0) is 14.0. The second kappa shape index (κ2) is 4.71. The average molecular weight is 273 g/mol. The topological polar surface area (TPSA) is 61.0 Å². The van der Waals surface area contributed by atoms with Gasteiger partial charge in [-0.3, -0.25) is 0 Å². The predicted molar refractivity (Wildman–Crippen MR) is 57.9 cm³/mol. The number of alkyl halides is 3. The average Bonchev–Trinajstić information content (AvgIpc) is 2.33. The van der Waals surface area contributed by atoms with Crippen molar-refractivity contribution in [1.29, 1.82) is 0 Å². The van der Waals surface area contributed by atoms with Gasteiger partial charge in [0.1, 0.15) is 5.82 Å². The van der Waals surface area contributed by atoms with Crippen molar-refractivity contribution in [3.63, 3.8) is 0 Å². The molecule has 1 aromatic heterocycles. The second-order valence-electron chi connectivity index (χ2n) is 3.54. The molecule has 2 rings (SSSR count). The number of ether oxygens (including phenoxy) is 1. The molecule has 0 atom stereocenters. The maximum absolute atomic E-state index is 12.9. The monoisotopic (exact) mass is 273 g/mol. The van der Waals surface area contributed by atoms with Gasteiger partial charge in [0.2, 0.25) is 5.88 Å². The molecule has 2 N–H and O–H groups in total. The van der Waals surface area contributed by atoms with Gasteiger partial charge in [-0.2, -0.15) is 13.2 Å². The molecule has 0 spiro atoms. The van der Waals surface area contributed by atoms with E-state index in [4.69, 9.17) is 10.5 Å². The van der Waals surface area contributed by atoms with Gasteiger partial charge in [-0.15, -0.1) is 10.2 Å². The van der Waals surface area contributed by atoms with Crippen LogP contribution in [0.25, 0.3) is 0 Å². The van der Waals surface area contributed by atoms with Crippen LogP contribution in [0.15, 0.2) is 30.3 Å². The summed E-state index contributed by atoms with van der Waals surface area (Å²) in [5.41, 5.74) is 4.50. The van der Waals surface area contributed by atoms with Crippen LogP contribution in [0.3, 0.4) is 0 Å². The number of anilines is 1. The number of nitrogens with two attached hydrogens (primary N) is 1. The highest BCUT2D eigenvalue weighted by Gasteiger charge is 2.33. The van der Waals surface area contributed by atoms with Crippen LogP contribution in [0, 0.1) is 5.82 Å². The van der Waals surface area contributed by atoms with Crippen LogP contribution in [0.2, 0.25) is 0 Å². The van der Waals surface area contributed by atoms with Crippen molar-refractivity contribution in [3.8, 4) is 11.6 Å². The lowest BCUT2D eigenvalue weighted by Gasteiger charge is -2.08. The van der Waals surface area contributed by atoms with Crippen molar-refractivity contribution in [2.45, 2.75) is 6.18 Å². The Morgan fingerprint density at radius 3 is 2.37 bits per heavy atom. The first-order valence-electron chi connectivity index (χ1n) is 5.00. The molecular weight excluding hydrogens is 266 g/mol. The fourth-order valence-electron chi connectivity index (χ4n) is 1.23. The maximum atomic E-state index is 12.9. The van der Waals surface area contributed by atoms with Gasteiger partial charge in [-0.25, -0.2) is 4.39 Å². The molecule has 0 aliphatic heterocycles. The molecule has 4 nitrogen and oxygen atoms in total. The molecule has 0 aliphatic rings. The van der Waals surface area contributed by atoms with Crippen molar-refractivity contribution in [2.75, 3.05) is 5.73 Å². The number of hydrogen-bond donors (Lipinski definition) is 1. The Morgan fingerprint density at radius 2 is 1.79 bits per heavy atom. The van der Waals surface area contributed by atoms with Gasteiger partial charge in [0, 0.05) is 12.1 Å². The summed E-state index contributed by atoms with van der Waals surface area (Å²) in [6.07, 6.45) is -4.58. The van der Waals surface area contributed by atoms with Crippen molar-refractivity contribution in [1.82, 2.24) is 10.2 Å². The van der Waals surface area contributed by atoms with Crippen LogP contribution in [0.4, 0.5) is 23.2 Å². The van der Waals surface area contributed by atoms with E-state index in [0.717, 1.165) is 18.2 Å². The highest BCUT2D eigenvalue weighted by molar-refractivity contribution is 5.53. The molecule has 0 aliphatic carbocycles. The van der Waals surface area contributed by atoms with E-state index in [2.05, 4.69) is 10.2 Å².